The summed E-state index contributed by atoms with van der Waals surface area (Å²) < 4.78 is 0. The molecule has 0 saturated heterocycles. The van der Waals surface area contributed by atoms with Crippen molar-refractivity contribution in [2.75, 3.05) is 0 Å². The smallest absolute Gasteiger partial charge is 0.0912 e. The van der Waals surface area contributed by atoms with Crippen molar-refractivity contribution in [3.63, 3.8) is 0 Å². The summed E-state index contributed by atoms with van der Waals surface area (Å²) in [5.74, 6) is 0. The van der Waals surface area contributed by atoms with Gasteiger partial charge >= 0.3 is 0 Å². The molecule has 0 saturated carbocycles. The van der Waals surface area contributed by atoms with Crippen LogP contribution in [0.25, 0.3) is 34.9 Å². The monoisotopic (exact) mass is 335 g/mol. The van der Waals surface area contributed by atoms with E-state index in [4.69, 9.17) is 10.5 Å². The van der Waals surface area contributed by atoms with Crippen molar-refractivity contribution in [1.82, 2.24) is 15.0 Å². The SMILES string of the molecule is N#C/C=C\c1ccnc(-c2cc(/C=C\C#N)cc(-c3ccccn3)n2)c1. The van der Waals surface area contributed by atoms with Gasteiger partial charge in [-0.15, -0.1) is 0 Å². The van der Waals surface area contributed by atoms with Crippen LogP contribution in [0.2, 0.25) is 0 Å². The molecule has 3 aromatic rings. The Morgan fingerprint density at radius 3 is 2.04 bits per heavy atom. The normalized spacial score (nSPS) is 10.7. The van der Waals surface area contributed by atoms with Crippen LogP contribution in [0.1, 0.15) is 11.1 Å². The van der Waals surface area contributed by atoms with Gasteiger partial charge in [-0.3, -0.25) is 9.97 Å². The van der Waals surface area contributed by atoms with E-state index >= 15 is 0 Å². The van der Waals surface area contributed by atoms with E-state index in [0.717, 1.165) is 16.8 Å². The number of allylic oxidation sites excluding steroid dienone is 2. The van der Waals surface area contributed by atoms with Gasteiger partial charge in [0.2, 0.25) is 0 Å². The van der Waals surface area contributed by atoms with Crippen LogP contribution < -0.4 is 0 Å². The van der Waals surface area contributed by atoms with Crippen LogP contribution in [0, 0.1) is 22.7 Å². The van der Waals surface area contributed by atoms with Crippen LogP contribution in [0.4, 0.5) is 0 Å². The van der Waals surface area contributed by atoms with Crippen molar-refractivity contribution in [2.24, 2.45) is 0 Å². The number of hydrogen-bond donors (Lipinski definition) is 0. The summed E-state index contributed by atoms with van der Waals surface area (Å²) in [6.07, 6.45) is 9.65. The predicted molar refractivity (Wildman–Crippen MR) is 100.0 cm³/mol. The fourth-order valence-electron chi connectivity index (χ4n) is 2.38. The summed E-state index contributed by atoms with van der Waals surface area (Å²) in [7, 11) is 0. The second-order valence-electron chi connectivity index (χ2n) is 5.29. The molecule has 0 unspecified atom stereocenters. The second kappa shape index (κ2) is 8.14. The molecule has 0 N–H and O–H groups in total. The molecule has 5 heteroatoms. The van der Waals surface area contributed by atoms with Gasteiger partial charge < -0.3 is 0 Å². The average Bonchev–Trinajstić information content (AvgIpc) is 2.71. The Kier molecular flexibility index (Phi) is 5.25. The zero-order valence-electron chi connectivity index (χ0n) is 13.7. The first kappa shape index (κ1) is 16.8. The molecule has 0 spiro atoms. The maximum atomic E-state index is 8.81. The highest BCUT2D eigenvalue weighted by molar-refractivity contribution is 5.70. The van der Waals surface area contributed by atoms with Crippen molar-refractivity contribution in [2.45, 2.75) is 0 Å². The van der Waals surface area contributed by atoms with E-state index in [9.17, 15) is 0 Å². The molecular formula is C21H13N5. The molecule has 122 valence electrons. The van der Waals surface area contributed by atoms with Crippen molar-refractivity contribution < 1.29 is 0 Å². The summed E-state index contributed by atoms with van der Waals surface area (Å²) in [5.41, 5.74) is 4.46. The van der Waals surface area contributed by atoms with Gasteiger partial charge in [-0.1, -0.05) is 6.07 Å². The molecule has 0 fully saturated rings. The topological polar surface area (TPSA) is 86.2 Å². The van der Waals surface area contributed by atoms with Crippen LogP contribution in [0.5, 0.6) is 0 Å². The third-order valence-corrected chi connectivity index (χ3v) is 3.52. The van der Waals surface area contributed by atoms with E-state index in [2.05, 4.69) is 15.0 Å². The van der Waals surface area contributed by atoms with Gasteiger partial charge in [-0.25, -0.2) is 4.98 Å². The maximum absolute atomic E-state index is 8.81. The highest BCUT2D eigenvalue weighted by Crippen LogP contribution is 2.24. The largest absolute Gasteiger partial charge is 0.255 e. The minimum atomic E-state index is 0.665. The Morgan fingerprint density at radius 2 is 1.35 bits per heavy atom. The van der Waals surface area contributed by atoms with Crippen LogP contribution in [0.15, 0.2) is 67.0 Å². The van der Waals surface area contributed by atoms with Gasteiger partial charge in [0.1, 0.15) is 0 Å². The zero-order chi connectivity index (χ0) is 18.2. The zero-order valence-corrected chi connectivity index (χ0v) is 13.7. The standard InChI is InChI=1S/C21H13N5/c22-9-3-5-16-8-12-25-19(13-16)21-15-17(6-4-10-23)14-20(26-21)18-7-1-2-11-24-18/h1-8,11-15H/b5-3-,6-4-. The van der Waals surface area contributed by atoms with Gasteiger partial charge in [0.05, 0.1) is 34.9 Å². The lowest BCUT2D eigenvalue weighted by Gasteiger charge is -2.07. The van der Waals surface area contributed by atoms with E-state index < -0.39 is 0 Å². The van der Waals surface area contributed by atoms with E-state index in [0.29, 0.717) is 17.1 Å². The molecule has 3 aromatic heterocycles. The number of aromatic nitrogens is 3. The summed E-state index contributed by atoms with van der Waals surface area (Å²) in [4.78, 5) is 13.4. The molecule has 26 heavy (non-hydrogen) atoms. The Morgan fingerprint density at radius 1 is 0.692 bits per heavy atom. The van der Waals surface area contributed by atoms with Crippen molar-refractivity contribution in [1.29, 1.82) is 10.5 Å². The molecule has 0 bridgehead atoms. The fraction of sp³-hybridized carbons (Fsp3) is 0. The second-order valence-corrected chi connectivity index (χ2v) is 5.29. The number of pyridine rings is 3. The fourth-order valence-corrected chi connectivity index (χ4v) is 2.38. The van der Waals surface area contributed by atoms with E-state index in [1.807, 2.05) is 54.6 Å². The van der Waals surface area contributed by atoms with Gasteiger partial charge in [0, 0.05) is 24.5 Å². The molecule has 0 aliphatic carbocycles. The van der Waals surface area contributed by atoms with Crippen LogP contribution in [-0.2, 0) is 0 Å². The molecule has 0 atom stereocenters. The first-order valence-electron chi connectivity index (χ1n) is 7.82. The van der Waals surface area contributed by atoms with Crippen molar-refractivity contribution >= 4 is 12.2 Å². The molecule has 5 nitrogen and oxygen atoms in total. The highest BCUT2D eigenvalue weighted by Gasteiger charge is 2.08. The molecular weight excluding hydrogens is 322 g/mol. The van der Waals surface area contributed by atoms with E-state index in [1.165, 1.54) is 12.2 Å². The van der Waals surface area contributed by atoms with E-state index in [1.54, 1.807) is 24.5 Å². The number of nitriles is 2. The number of nitrogens with zero attached hydrogens (tertiary/aromatic N) is 5. The Labute approximate surface area is 151 Å². The highest BCUT2D eigenvalue weighted by atomic mass is 14.8. The van der Waals surface area contributed by atoms with Crippen LogP contribution in [-0.4, -0.2) is 15.0 Å². The first-order valence-corrected chi connectivity index (χ1v) is 7.82. The molecule has 0 aliphatic rings. The van der Waals surface area contributed by atoms with Gasteiger partial charge in [0.15, 0.2) is 0 Å². The van der Waals surface area contributed by atoms with Gasteiger partial charge in [-0.05, 0) is 59.7 Å². The summed E-state index contributed by atoms with van der Waals surface area (Å²) in [6.45, 7) is 0. The lowest BCUT2D eigenvalue weighted by atomic mass is 10.1. The Hall–Kier alpha value is -4.09. The third-order valence-electron chi connectivity index (χ3n) is 3.52. The van der Waals surface area contributed by atoms with Crippen LogP contribution in [0.3, 0.4) is 0 Å². The number of rotatable bonds is 4. The quantitative estimate of drug-likeness (QED) is 0.664. The molecule has 0 radical (unpaired) electrons. The van der Waals surface area contributed by atoms with Crippen molar-refractivity contribution in [3.8, 4) is 34.9 Å². The molecule has 0 aromatic carbocycles. The van der Waals surface area contributed by atoms with E-state index in [-0.39, 0.29) is 0 Å². The minimum absolute atomic E-state index is 0.665. The molecule has 0 amide bonds. The molecule has 3 heterocycles. The summed E-state index contributed by atoms with van der Waals surface area (Å²) in [6, 6.07) is 17.0. The maximum Gasteiger partial charge on any atom is 0.0912 e. The minimum Gasteiger partial charge on any atom is -0.255 e. The summed E-state index contributed by atoms with van der Waals surface area (Å²) in [5, 5.41) is 17.5. The molecule has 3 rings (SSSR count). The lowest BCUT2D eigenvalue weighted by molar-refractivity contribution is 1.21. The third kappa shape index (κ3) is 4.05. The lowest BCUT2D eigenvalue weighted by Crippen LogP contribution is -1.94. The molecule has 0 aliphatic heterocycles. The summed E-state index contributed by atoms with van der Waals surface area (Å²) >= 11 is 0. The first-order chi connectivity index (χ1) is 12.8. The predicted octanol–water partition coefficient (Wildman–Crippen LogP) is 4.28. The van der Waals surface area contributed by atoms with Gasteiger partial charge in [0.25, 0.3) is 0 Å². The van der Waals surface area contributed by atoms with Crippen LogP contribution >= 0.6 is 0 Å². The van der Waals surface area contributed by atoms with Gasteiger partial charge in [-0.2, -0.15) is 10.5 Å². The Balaban J connectivity index is 2.12. The average molecular weight is 335 g/mol. The Bertz CT molecular complexity index is 1050. The van der Waals surface area contributed by atoms with Crippen molar-refractivity contribution in [3.05, 3.63) is 78.1 Å². The number of hydrogen-bond acceptors (Lipinski definition) is 5.